The molecule has 0 unspecified atom stereocenters. The topological polar surface area (TPSA) is 77.0 Å². The molecule has 2 aromatic carbocycles. The van der Waals surface area contributed by atoms with Crippen molar-refractivity contribution in [1.29, 1.82) is 0 Å². The number of nitrogens with one attached hydrogen (secondary N) is 1. The predicted octanol–water partition coefficient (Wildman–Crippen LogP) is 3.75. The second kappa shape index (κ2) is 8.75. The number of aryl methyl sites for hydroxylation is 2. The number of benzene rings is 2. The summed E-state index contributed by atoms with van der Waals surface area (Å²) < 4.78 is 9.93. The normalized spacial score (nSPS) is 16.3. The van der Waals surface area contributed by atoms with Crippen molar-refractivity contribution in [3.63, 3.8) is 0 Å². The maximum atomic E-state index is 12.3. The molecule has 3 rings (SSSR count). The van der Waals surface area contributed by atoms with Crippen molar-refractivity contribution >= 4 is 40.6 Å². The van der Waals surface area contributed by atoms with Crippen molar-refractivity contribution in [3.05, 3.63) is 64.1 Å². The van der Waals surface area contributed by atoms with Crippen LogP contribution in [0.4, 0.5) is 5.69 Å². The zero-order chi connectivity index (χ0) is 20.1. The van der Waals surface area contributed by atoms with Crippen LogP contribution in [0.3, 0.4) is 0 Å². The van der Waals surface area contributed by atoms with Crippen LogP contribution < -0.4 is 10.1 Å². The van der Waals surface area contributed by atoms with E-state index < -0.39 is 5.97 Å². The number of hydrogen-bond donors (Lipinski definition) is 1. The monoisotopic (exact) mass is 396 g/mol. The molecule has 1 amide bonds. The van der Waals surface area contributed by atoms with Gasteiger partial charge in [0.05, 0.1) is 17.7 Å². The first kappa shape index (κ1) is 19.7. The van der Waals surface area contributed by atoms with Gasteiger partial charge >= 0.3 is 5.97 Å². The number of carbonyl (C=O) groups is 2. The van der Waals surface area contributed by atoms with Gasteiger partial charge in [0.2, 0.25) is 0 Å². The molecule has 6 nitrogen and oxygen atoms in total. The van der Waals surface area contributed by atoms with Crippen molar-refractivity contribution in [2.24, 2.45) is 4.99 Å². The number of methoxy groups -OCH3 is 1. The molecule has 1 aliphatic rings. The minimum Gasteiger partial charge on any atom is -0.482 e. The minimum atomic E-state index is -0.457. The van der Waals surface area contributed by atoms with Crippen LogP contribution >= 0.6 is 11.8 Å². The largest absolute Gasteiger partial charge is 0.482 e. The van der Waals surface area contributed by atoms with E-state index in [0.717, 1.165) is 16.8 Å². The second-order valence-corrected chi connectivity index (χ2v) is 7.22. The van der Waals surface area contributed by atoms with Crippen LogP contribution in [-0.2, 0) is 14.3 Å². The highest BCUT2D eigenvalue weighted by Gasteiger charge is 2.23. The van der Waals surface area contributed by atoms with E-state index in [9.17, 15) is 9.59 Å². The van der Waals surface area contributed by atoms with Crippen LogP contribution in [0, 0.1) is 13.8 Å². The van der Waals surface area contributed by atoms with E-state index in [2.05, 4.69) is 15.0 Å². The molecule has 0 radical (unpaired) electrons. The molecule has 1 saturated heterocycles. The predicted molar refractivity (Wildman–Crippen MR) is 111 cm³/mol. The van der Waals surface area contributed by atoms with Crippen LogP contribution in [0.15, 0.2) is 52.4 Å². The molecule has 1 N–H and O–H groups in total. The van der Waals surface area contributed by atoms with Crippen LogP contribution in [0.1, 0.15) is 16.7 Å². The summed E-state index contributed by atoms with van der Waals surface area (Å²) in [5.41, 5.74) is 3.93. The summed E-state index contributed by atoms with van der Waals surface area (Å²) in [6, 6.07) is 13.0. The summed E-state index contributed by atoms with van der Waals surface area (Å²) in [4.78, 5) is 28.5. The van der Waals surface area contributed by atoms with Gasteiger partial charge in [0.1, 0.15) is 5.75 Å². The van der Waals surface area contributed by atoms with Gasteiger partial charge in [-0.05, 0) is 72.6 Å². The summed E-state index contributed by atoms with van der Waals surface area (Å²) in [5, 5.41) is 3.32. The van der Waals surface area contributed by atoms with E-state index in [4.69, 9.17) is 4.74 Å². The zero-order valence-electron chi connectivity index (χ0n) is 15.8. The maximum absolute atomic E-state index is 12.3. The lowest BCUT2D eigenvalue weighted by Crippen LogP contribution is -2.19. The van der Waals surface area contributed by atoms with E-state index in [-0.39, 0.29) is 12.5 Å². The molecule has 28 heavy (non-hydrogen) atoms. The summed E-state index contributed by atoms with van der Waals surface area (Å²) in [6.45, 7) is 3.90. The van der Waals surface area contributed by atoms with Crippen molar-refractivity contribution in [2.75, 3.05) is 13.7 Å². The Morgan fingerprint density at radius 2 is 2.00 bits per heavy atom. The Kier molecular flexibility index (Phi) is 6.16. The van der Waals surface area contributed by atoms with Gasteiger partial charge in [-0.15, -0.1) is 0 Å². The number of aliphatic imine (C=N–C) groups is 1. The number of ether oxygens (including phenoxy) is 2. The molecule has 1 fully saturated rings. The average Bonchev–Trinajstić information content (AvgIpc) is 3.02. The number of rotatable bonds is 5. The summed E-state index contributed by atoms with van der Waals surface area (Å²) >= 11 is 1.28. The number of esters is 1. The first-order valence-electron chi connectivity index (χ1n) is 8.61. The molecule has 2 aromatic rings. The first-order chi connectivity index (χ1) is 13.4. The number of nitrogens with zero attached hydrogens (tertiary/aromatic N) is 1. The minimum absolute atomic E-state index is 0.168. The van der Waals surface area contributed by atoms with Crippen LogP contribution in [-0.4, -0.2) is 30.8 Å². The lowest BCUT2D eigenvalue weighted by molar-refractivity contribution is -0.142. The third-order valence-electron chi connectivity index (χ3n) is 4.11. The molecule has 0 saturated carbocycles. The number of hydrogen-bond acceptors (Lipinski definition) is 6. The highest BCUT2D eigenvalue weighted by molar-refractivity contribution is 8.18. The van der Waals surface area contributed by atoms with Gasteiger partial charge in [-0.1, -0.05) is 18.2 Å². The molecule has 0 aliphatic carbocycles. The number of amides is 1. The molecular weight excluding hydrogens is 376 g/mol. The lowest BCUT2D eigenvalue weighted by Gasteiger charge is -2.05. The number of carbonyl (C=O) groups excluding carboxylic acids is 2. The second-order valence-electron chi connectivity index (χ2n) is 6.19. The van der Waals surface area contributed by atoms with Crippen molar-refractivity contribution < 1.29 is 19.1 Å². The molecule has 1 aliphatic heterocycles. The Bertz CT molecular complexity index is 982. The van der Waals surface area contributed by atoms with E-state index >= 15 is 0 Å². The fourth-order valence-electron chi connectivity index (χ4n) is 2.44. The molecule has 0 atom stereocenters. The smallest absolute Gasteiger partial charge is 0.343 e. The van der Waals surface area contributed by atoms with E-state index in [1.165, 1.54) is 24.4 Å². The van der Waals surface area contributed by atoms with Crippen molar-refractivity contribution in [2.45, 2.75) is 13.8 Å². The van der Waals surface area contributed by atoms with Crippen molar-refractivity contribution in [3.8, 4) is 5.75 Å². The molecular formula is C21H20N2O4S. The molecule has 144 valence electrons. The van der Waals surface area contributed by atoms with Gasteiger partial charge in [-0.25, -0.2) is 9.79 Å². The third kappa shape index (κ3) is 5.01. The van der Waals surface area contributed by atoms with Crippen LogP contribution in [0.5, 0.6) is 5.75 Å². The van der Waals surface area contributed by atoms with E-state index in [1.807, 2.05) is 38.1 Å². The van der Waals surface area contributed by atoms with E-state index in [0.29, 0.717) is 15.8 Å². The summed E-state index contributed by atoms with van der Waals surface area (Å²) in [6.07, 6.45) is 1.76. The highest BCUT2D eigenvalue weighted by Crippen LogP contribution is 2.29. The summed E-state index contributed by atoms with van der Waals surface area (Å²) in [7, 11) is 1.31. The SMILES string of the molecule is COC(=O)COc1cccc(C=C2SC(=Nc3ccc(C)c(C)c3)NC2=O)c1. The Labute approximate surface area is 167 Å². The first-order valence-corrected chi connectivity index (χ1v) is 9.43. The van der Waals surface area contributed by atoms with Gasteiger partial charge in [-0.2, -0.15) is 0 Å². The fraction of sp³-hybridized carbons (Fsp3) is 0.190. The highest BCUT2D eigenvalue weighted by atomic mass is 32.2. The van der Waals surface area contributed by atoms with Gasteiger partial charge in [0, 0.05) is 0 Å². The Morgan fingerprint density at radius 3 is 2.75 bits per heavy atom. The standard InChI is InChI=1S/C21H20N2O4S/c1-13-7-8-16(9-14(13)2)22-21-23-20(25)18(28-21)11-15-5-4-6-17(10-15)27-12-19(24)26-3/h4-11H,12H2,1-3H3,(H,22,23,25). The Balaban J connectivity index is 1.74. The van der Waals surface area contributed by atoms with Gasteiger partial charge in [0.15, 0.2) is 11.8 Å². The molecule has 0 bridgehead atoms. The zero-order valence-corrected chi connectivity index (χ0v) is 16.6. The molecule has 0 spiro atoms. The maximum Gasteiger partial charge on any atom is 0.343 e. The molecule has 0 aromatic heterocycles. The van der Waals surface area contributed by atoms with E-state index in [1.54, 1.807) is 24.3 Å². The average molecular weight is 396 g/mol. The number of amidine groups is 1. The quantitative estimate of drug-likeness (QED) is 0.615. The van der Waals surface area contributed by atoms with Crippen molar-refractivity contribution in [1.82, 2.24) is 5.32 Å². The Hall–Kier alpha value is -3.06. The third-order valence-corrected chi connectivity index (χ3v) is 5.02. The number of thioether (sulfide) groups is 1. The van der Waals surface area contributed by atoms with Gasteiger partial charge < -0.3 is 14.8 Å². The fourth-order valence-corrected chi connectivity index (χ4v) is 3.28. The van der Waals surface area contributed by atoms with Gasteiger partial charge in [-0.3, -0.25) is 4.79 Å². The molecule has 1 heterocycles. The summed E-state index contributed by atoms with van der Waals surface area (Å²) in [5.74, 6) is -0.137. The molecule has 7 heteroatoms. The van der Waals surface area contributed by atoms with Crippen LogP contribution in [0.25, 0.3) is 6.08 Å². The van der Waals surface area contributed by atoms with Gasteiger partial charge in [0.25, 0.3) is 5.91 Å². The van der Waals surface area contributed by atoms with Crippen LogP contribution in [0.2, 0.25) is 0 Å². The Morgan fingerprint density at radius 1 is 1.18 bits per heavy atom. The lowest BCUT2D eigenvalue weighted by atomic mass is 10.1.